The second kappa shape index (κ2) is 5.68. The summed E-state index contributed by atoms with van der Waals surface area (Å²) in [7, 11) is 0. The van der Waals surface area contributed by atoms with Crippen molar-refractivity contribution in [2.75, 3.05) is 6.61 Å². The number of carboxylic acid groups (broad SMARTS) is 1. The Balaban J connectivity index is 1.78. The van der Waals surface area contributed by atoms with Gasteiger partial charge in [-0.2, -0.15) is 0 Å². The van der Waals surface area contributed by atoms with E-state index >= 15 is 0 Å². The minimum atomic E-state index is -1.19. The largest absolute Gasteiger partial charge is 0.490 e. The topological polar surface area (TPSA) is 101 Å². The molecule has 1 amide bonds. The van der Waals surface area contributed by atoms with Gasteiger partial charge in [0.2, 0.25) is 0 Å². The molecule has 0 bridgehead atoms. The van der Waals surface area contributed by atoms with Gasteiger partial charge in [-0.1, -0.05) is 12.1 Å². The molecule has 23 heavy (non-hydrogen) atoms. The molecule has 1 aromatic heterocycles. The summed E-state index contributed by atoms with van der Waals surface area (Å²) in [6.45, 7) is 4.34. The number of nitrogens with zero attached hydrogens (tertiary/aromatic N) is 2. The van der Waals surface area contributed by atoms with Gasteiger partial charge in [-0.15, -0.1) is 0 Å². The molecule has 1 aliphatic heterocycles. The molecule has 3 rings (SSSR count). The third kappa shape index (κ3) is 2.73. The van der Waals surface area contributed by atoms with E-state index in [2.05, 4.69) is 15.3 Å². The molecule has 0 saturated heterocycles. The van der Waals surface area contributed by atoms with Crippen molar-refractivity contribution in [2.45, 2.75) is 19.9 Å². The zero-order valence-electron chi connectivity index (χ0n) is 12.7. The lowest BCUT2D eigenvalue weighted by atomic mass is 10.0. The van der Waals surface area contributed by atoms with Crippen LogP contribution in [0.1, 0.15) is 43.7 Å². The number of carbonyl (C=O) groups is 2. The first-order valence-corrected chi connectivity index (χ1v) is 7.06. The summed E-state index contributed by atoms with van der Waals surface area (Å²) in [5, 5.41) is 11.6. The van der Waals surface area contributed by atoms with Crippen molar-refractivity contribution in [3.63, 3.8) is 0 Å². The summed E-state index contributed by atoms with van der Waals surface area (Å²) < 4.78 is 5.68. The summed E-state index contributed by atoms with van der Waals surface area (Å²) in [4.78, 5) is 30.5. The second-order valence-electron chi connectivity index (χ2n) is 5.35. The maximum atomic E-state index is 12.2. The number of aryl methyl sites for hydroxylation is 1. The van der Waals surface area contributed by atoms with E-state index in [0.717, 1.165) is 34.8 Å². The molecule has 1 unspecified atom stereocenters. The first kappa shape index (κ1) is 15.0. The van der Waals surface area contributed by atoms with Gasteiger partial charge in [-0.05, 0) is 25.0 Å². The Morgan fingerprint density at radius 2 is 1.91 bits per heavy atom. The minimum Gasteiger partial charge on any atom is -0.490 e. The third-order valence-electron chi connectivity index (χ3n) is 3.89. The van der Waals surface area contributed by atoms with Crippen molar-refractivity contribution in [1.82, 2.24) is 15.3 Å². The van der Waals surface area contributed by atoms with Gasteiger partial charge in [-0.3, -0.25) is 4.79 Å². The van der Waals surface area contributed by atoms with Gasteiger partial charge in [-0.25, -0.2) is 14.8 Å². The number of hydrogen-bond donors (Lipinski definition) is 2. The first-order chi connectivity index (χ1) is 11.0. The molecule has 7 nitrogen and oxygen atoms in total. The molecule has 2 heterocycles. The number of rotatable bonds is 3. The number of benzene rings is 1. The monoisotopic (exact) mass is 313 g/mol. The predicted octanol–water partition coefficient (Wildman–Crippen LogP) is 1.66. The van der Waals surface area contributed by atoms with Crippen LogP contribution in [0.25, 0.3) is 0 Å². The van der Waals surface area contributed by atoms with Crippen LogP contribution in [-0.2, 0) is 0 Å². The van der Waals surface area contributed by atoms with E-state index in [1.807, 2.05) is 26.0 Å². The molecule has 0 aliphatic carbocycles. The van der Waals surface area contributed by atoms with Crippen LogP contribution in [0.15, 0.2) is 24.5 Å². The number of aromatic carboxylic acids is 1. The van der Waals surface area contributed by atoms with E-state index in [-0.39, 0.29) is 17.4 Å². The zero-order chi connectivity index (χ0) is 16.6. The fourth-order valence-corrected chi connectivity index (χ4v) is 2.44. The molecule has 0 radical (unpaired) electrons. The quantitative estimate of drug-likeness (QED) is 0.893. The summed E-state index contributed by atoms with van der Waals surface area (Å²) in [5.74, 6) is -0.801. The van der Waals surface area contributed by atoms with E-state index in [4.69, 9.17) is 9.84 Å². The molecule has 0 saturated carbocycles. The van der Waals surface area contributed by atoms with Gasteiger partial charge < -0.3 is 15.2 Å². The summed E-state index contributed by atoms with van der Waals surface area (Å²) in [6, 6.07) is 3.66. The van der Waals surface area contributed by atoms with Crippen LogP contribution in [0.3, 0.4) is 0 Å². The van der Waals surface area contributed by atoms with Crippen LogP contribution < -0.4 is 10.1 Å². The lowest BCUT2D eigenvalue weighted by Gasteiger charge is -2.12. The standard InChI is InChI=1S/C16H15N3O4/c1-8-3-4-10-13(7-23-14(10)9(8)2)19-15(20)11-5-18-12(6-17-11)16(21)22/h3-6,13H,7H2,1-2H3,(H,19,20)(H,21,22). The van der Waals surface area contributed by atoms with Crippen molar-refractivity contribution >= 4 is 11.9 Å². The van der Waals surface area contributed by atoms with Gasteiger partial charge in [0.25, 0.3) is 5.91 Å². The van der Waals surface area contributed by atoms with Crippen molar-refractivity contribution in [3.05, 3.63) is 52.6 Å². The first-order valence-electron chi connectivity index (χ1n) is 7.06. The van der Waals surface area contributed by atoms with Gasteiger partial charge >= 0.3 is 5.97 Å². The van der Waals surface area contributed by atoms with Crippen molar-refractivity contribution < 1.29 is 19.4 Å². The lowest BCUT2D eigenvalue weighted by Crippen LogP contribution is -2.30. The van der Waals surface area contributed by atoms with Crippen LogP contribution in [0, 0.1) is 13.8 Å². The minimum absolute atomic E-state index is 0.0623. The maximum Gasteiger partial charge on any atom is 0.356 e. The molecule has 1 atom stereocenters. The highest BCUT2D eigenvalue weighted by Crippen LogP contribution is 2.36. The number of carbonyl (C=O) groups excluding carboxylic acids is 1. The van der Waals surface area contributed by atoms with Crippen molar-refractivity contribution in [2.24, 2.45) is 0 Å². The second-order valence-corrected chi connectivity index (χ2v) is 5.35. The summed E-state index contributed by atoms with van der Waals surface area (Å²) in [5.41, 5.74) is 2.97. The Bertz CT molecular complexity index is 787. The van der Waals surface area contributed by atoms with E-state index < -0.39 is 11.9 Å². The molecular weight excluding hydrogens is 298 g/mol. The van der Waals surface area contributed by atoms with Crippen LogP contribution in [-0.4, -0.2) is 33.6 Å². The fourth-order valence-electron chi connectivity index (χ4n) is 2.44. The number of fused-ring (bicyclic) bond motifs is 1. The summed E-state index contributed by atoms with van der Waals surface area (Å²) >= 11 is 0. The number of ether oxygens (including phenoxy) is 1. The van der Waals surface area contributed by atoms with E-state index in [9.17, 15) is 9.59 Å². The highest BCUT2D eigenvalue weighted by Gasteiger charge is 2.28. The van der Waals surface area contributed by atoms with Gasteiger partial charge in [0, 0.05) is 5.56 Å². The van der Waals surface area contributed by atoms with Crippen molar-refractivity contribution in [1.29, 1.82) is 0 Å². The van der Waals surface area contributed by atoms with Crippen LogP contribution in [0.5, 0.6) is 5.75 Å². The van der Waals surface area contributed by atoms with Gasteiger partial charge in [0.1, 0.15) is 18.1 Å². The fraction of sp³-hybridized carbons (Fsp3) is 0.250. The molecule has 2 N–H and O–H groups in total. The van der Waals surface area contributed by atoms with E-state index in [0.29, 0.717) is 6.61 Å². The van der Waals surface area contributed by atoms with E-state index in [1.165, 1.54) is 0 Å². The maximum absolute atomic E-state index is 12.2. The lowest BCUT2D eigenvalue weighted by molar-refractivity contribution is 0.0689. The summed E-state index contributed by atoms with van der Waals surface area (Å²) in [6.07, 6.45) is 2.21. The SMILES string of the molecule is Cc1ccc2c(c1C)OCC2NC(=O)c1cnc(C(=O)O)cn1. The highest BCUT2D eigenvalue weighted by molar-refractivity contribution is 5.93. The smallest absolute Gasteiger partial charge is 0.356 e. The number of carboxylic acids is 1. The molecule has 0 fully saturated rings. The normalized spacial score (nSPS) is 15.7. The average molecular weight is 313 g/mol. The van der Waals surface area contributed by atoms with Crippen LogP contribution >= 0.6 is 0 Å². The van der Waals surface area contributed by atoms with E-state index in [1.54, 1.807) is 0 Å². The van der Waals surface area contributed by atoms with Crippen LogP contribution in [0.2, 0.25) is 0 Å². The molecular formula is C16H15N3O4. The Hall–Kier alpha value is -2.96. The van der Waals surface area contributed by atoms with Gasteiger partial charge in [0.05, 0.1) is 18.4 Å². The highest BCUT2D eigenvalue weighted by atomic mass is 16.5. The number of aromatic nitrogens is 2. The average Bonchev–Trinajstić information content (AvgIpc) is 2.94. The molecule has 2 aromatic rings. The third-order valence-corrected chi connectivity index (χ3v) is 3.89. The Morgan fingerprint density at radius 1 is 1.22 bits per heavy atom. The molecule has 0 spiro atoms. The van der Waals surface area contributed by atoms with Crippen LogP contribution in [0.4, 0.5) is 0 Å². The Labute approximate surface area is 132 Å². The Morgan fingerprint density at radius 3 is 2.57 bits per heavy atom. The molecule has 118 valence electrons. The molecule has 1 aromatic carbocycles. The Kier molecular flexibility index (Phi) is 3.69. The predicted molar refractivity (Wildman–Crippen MR) is 80.6 cm³/mol. The zero-order valence-corrected chi connectivity index (χ0v) is 12.7. The van der Waals surface area contributed by atoms with Crippen molar-refractivity contribution in [3.8, 4) is 5.75 Å². The molecule has 7 heteroatoms. The number of amides is 1. The molecule has 1 aliphatic rings. The number of hydrogen-bond acceptors (Lipinski definition) is 5. The number of nitrogens with one attached hydrogen (secondary N) is 1. The van der Waals surface area contributed by atoms with Gasteiger partial charge in [0.15, 0.2) is 5.69 Å².